The minimum Gasteiger partial charge on any atom is -0.355 e. The summed E-state index contributed by atoms with van der Waals surface area (Å²) < 4.78 is 22.3. The van der Waals surface area contributed by atoms with Gasteiger partial charge < -0.3 is 5.32 Å². The van der Waals surface area contributed by atoms with Crippen molar-refractivity contribution in [1.29, 1.82) is 0 Å². The van der Waals surface area contributed by atoms with Crippen LogP contribution in [0.25, 0.3) is 0 Å². The SMILES string of the molecule is CNC(=O)c1cc(Br)ccc1[SH](=O)=O. The van der Waals surface area contributed by atoms with Crippen LogP contribution in [0.4, 0.5) is 0 Å². The Morgan fingerprint density at radius 3 is 2.57 bits per heavy atom. The summed E-state index contributed by atoms with van der Waals surface area (Å²) in [6.45, 7) is 0. The maximum Gasteiger partial charge on any atom is 0.252 e. The first-order chi connectivity index (χ1) is 6.56. The maximum atomic E-state index is 11.3. The quantitative estimate of drug-likeness (QED) is 0.786. The van der Waals surface area contributed by atoms with Crippen LogP contribution in [0.2, 0.25) is 0 Å². The number of hydrogen-bond acceptors (Lipinski definition) is 3. The summed E-state index contributed by atoms with van der Waals surface area (Å²) in [6.07, 6.45) is 0. The second kappa shape index (κ2) is 4.56. The topological polar surface area (TPSA) is 63.2 Å². The summed E-state index contributed by atoms with van der Waals surface area (Å²) in [7, 11) is -1.30. The molecule has 1 aromatic rings. The highest BCUT2D eigenvalue weighted by Gasteiger charge is 2.11. The molecule has 1 amide bonds. The average Bonchev–Trinajstić information content (AvgIpc) is 2.16. The highest BCUT2D eigenvalue weighted by atomic mass is 79.9. The largest absolute Gasteiger partial charge is 0.355 e. The van der Waals surface area contributed by atoms with Crippen LogP contribution in [0.5, 0.6) is 0 Å². The minimum absolute atomic E-state index is 0.0301. The predicted molar refractivity (Wildman–Crippen MR) is 56.1 cm³/mol. The highest BCUT2D eigenvalue weighted by molar-refractivity contribution is 9.10. The van der Waals surface area contributed by atoms with Crippen LogP contribution in [0.15, 0.2) is 27.6 Å². The number of rotatable bonds is 2. The Bertz CT molecular complexity index is 434. The van der Waals surface area contributed by atoms with Crippen LogP contribution in [0.3, 0.4) is 0 Å². The van der Waals surface area contributed by atoms with E-state index in [-0.39, 0.29) is 10.5 Å². The number of benzene rings is 1. The highest BCUT2D eigenvalue weighted by Crippen LogP contribution is 2.17. The van der Waals surface area contributed by atoms with Crippen LogP contribution in [-0.2, 0) is 10.7 Å². The summed E-state index contributed by atoms with van der Waals surface area (Å²) in [5, 5.41) is 2.38. The minimum atomic E-state index is -2.75. The van der Waals surface area contributed by atoms with E-state index in [1.54, 1.807) is 6.07 Å². The first-order valence-corrected chi connectivity index (χ1v) is 5.69. The van der Waals surface area contributed by atoms with Gasteiger partial charge in [0.25, 0.3) is 5.91 Å². The van der Waals surface area contributed by atoms with E-state index < -0.39 is 16.6 Å². The fourth-order valence-corrected chi connectivity index (χ4v) is 1.90. The van der Waals surface area contributed by atoms with E-state index >= 15 is 0 Å². The third-order valence-corrected chi connectivity index (χ3v) is 2.90. The number of carbonyl (C=O) groups is 1. The first kappa shape index (κ1) is 11.2. The van der Waals surface area contributed by atoms with Crippen molar-refractivity contribution in [1.82, 2.24) is 5.32 Å². The van der Waals surface area contributed by atoms with Crippen molar-refractivity contribution in [3.8, 4) is 0 Å². The molecule has 0 aliphatic rings. The van der Waals surface area contributed by atoms with Crippen molar-refractivity contribution >= 4 is 32.5 Å². The Labute approximate surface area is 91.4 Å². The molecule has 0 radical (unpaired) electrons. The molecule has 0 spiro atoms. The molecule has 1 rings (SSSR count). The van der Waals surface area contributed by atoms with E-state index in [9.17, 15) is 13.2 Å². The van der Waals surface area contributed by atoms with Crippen molar-refractivity contribution in [3.05, 3.63) is 28.2 Å². The lowest BCUT2D eigenvalue weighted by atomic mass is 10.2. The number of amides is 1. The molecule has 0 saturated carbocycles. The van der Waals surface area contributed by atoms with Crippen molar-refractivity contribution in [2.24, 2.45) is 0 Å². The molecule has 14 heavy (non-hydrogen) atoms. The Morgan fingerprint density at radius 1 is 1.43 bits per heavy atom. The number of nitrogens with one attached hydrogen (secondary N) is 1. The van der Waals surface area contributed by atoms with Gasteiger partial charge in [0.15, 0.2) is 10.7 Å². The zero-order valence-electron chi connectivity index (χ0n) is 7.28. The lowest BCUT2D eigenvalue weighted by Crippen LogP contribution is -2.19. The Hall–Kier alpha value is -0.880. The molecule has 0 aliphatic heterocycles. The van der Waals surface area contributed by atoms with Gasteiger partial charge in [-0.15, -0.1) is 0 Å². The molecule has 76 valence electrons. The Kier molecular flexibility index (Phi) is 3.65. The van der Waals surface area contributed by atoms with Gasteiger partial charge in [0.1, 0.15) is 0 Å². The molecule has 6 heteroatoms. The Balaban J connectivity index is 3.37. The van der Waals surface area contributed by atoms with E-state index in [2.05, 4.69) is 21.2 Å². The van der Waals surface area contributed by atoms with E-state index in [1.807, 2.05) is 0 Å². The van der Waals surface area contributed by atoms with Crippen molar-refractivity contribution < 1.29 is 13.2 Å². The molecule has 1 aromatic carbocycles. The fourth-order valence-electron chi connectivity index (χ4n) is 0.984. The molecule has 0 fully saturated rings. The van der Waals surface area contributed by atoms with Crippen LogP contribution >= 0.6 is 15.9 Å². The summed E-state index contributed by atoms with van der Waals surface area (Å²) in [5.74, 6) is -0.416. The molecule has 0 aromatic heterocycles. The lowest BCUT2D eigenvalue weighted by molar-refractivity contribution is 0.0960. The van der Waals surface area contributed by atoms with Gasteiger partial charge in [-0.05, 0) is 18.2 Å². The molecular weight excluding hydrogens is 270 g/mol. The van der Waals surface area contributed by atoms with Crippen molar-refractivity contribution in [2.75, 3.05) is 7.05 Å². The van der Waals surface area contributed by atoms with E-state index in [1.165, 1.54) is 19.2 Å². The Morgan fingerprint density at radius 2 is 2.07 bits per heavy atom. The van der Waals surface area contributed by atoms with Crippen LogP contribution in [-0.4, -0.2) is 21.4 Å². The normalized spacial score (nSPS) is 10.2. The van der Waals surface area contributed by atoms with Crippen molar-refractivity contribution in [2.45, 2.75) is 4.90 Å². The molecule has 0 bridgehead atoms. The lowest BCUT2D eigenvalue weighted by Gasteiger charge is -2.03. The number of thiol groups is 1. The van der Waals surface area contributed by atoms with Gasteiger partial charge in [0.2, 0.25) is 0 Å². The fraction of sp³-hybridized carbons (Fsp3) is 0.125. The molecule has 1 N–H and O–H groups in total. The third kappa shape index (κ3) is 2.33. The molecule has 0 unspecified atom stereocenters. The number of carbonyl (C=O) groups excluding carboxylic acids is 1. The van der Waals surface area contributed by atoms with E-state index in [4.69, 9.17) is 0 Å². The van der Waals surface area contributed by atoms with Gasteiger partial charge in [-0.3, -0.25) is 4.79 Å². The molecule has 0 aliphatic carbocycles. The van der Waals surface area contributed by atoms with Crippen LogP contribution in [0, 0.1) is 0 Å². The van der Waals surface area contributed by atoms with Gasteiger partial charge in [-0.1, -0.05) is 15.9 Å². The second-order valence-electron chi connectivity index (χ2n) is 2.50. The maximum absolute atomic E-state index is 11.3. The van der Waals surface area contributed by atoms with E-state index in [0.29, 0.717) is 4.47 Å². The molecule has 0 saturated heterocycles. The van der Waals surface area contributed by atoms with Gasteiger partial charge in [-0.2, -0.15) is 0 Å². The molecule has 4 nitrogen and oxygen atoms in total. The average molecular weight is 278 g/mol. The van der Waals surface area contributed by atoms with Crippen molar-refractivity contribution in [3.63, 3.8) is 0 Å². The van der Waals surface area contributed by atoms with Crippen LogP contribution < -0.4 is 5.32 Å². The molecular formula is C8H8BrNO3S. The summed E-state index contributed by atoms with van der Waals surface area (Å²) in [6, 6.07) is 4.44. The zero-order chi connectivity index (χ0) is 10.7. The molecule has 0 atom stereocenters. The smallest absolute Gasteiger partial charge is 0.252 e. The van der Waals surface area contributed by atoms with Gasteiger partial charge in [0.05, 0.1) is 10.5 Å². The summed E-state index contributed by atoms with van der Waals surface area (Å²) in [4.78, 5) is 11.3. The number of hydrogen-bond donors (Lipinski definition) is 2. The number of halogens is 1. The van der Waals surface area contributed by atoms with E-state index in [0.717, 1.165) is 0 Å². The summed E-state index contributed by atoms with van der Waals surface area (Å²) >= 11 is 3.17. The van der Waals surface area contributed by atoms with Gasteiger partial charge in [0, 0.05) is 11.5 Å². The molecule has 0 heterocycles. The zero-order valence-corrected chi connectivity index (χ0v) is 9.76. The van der Waals surface area contributed by atoms with Gasteiger partial charge in [-0.25, -0.2) is 8.42 Å². The third-order valence-electron chi connectivity index (χ3n) is 1.63. The summed E-state index contributed by atoms with van der Waals surface area (Å²) in [5.41, 5.74) is 0.151. The standard InChI is InChI=1S/C8H8BrNO3S/c1-10-8(11)6-4-5(9)2-3-7(6)14(12)13/h2-4,14H,1H3,(H,10,11). The monoisotopic (exact) mass is 277 g/mol. The van der Waals surface area contributed by atoms with Gasteiger partial charge >= 0.3 is 0 Å². The second-order valence-corrected chi connectivity index (χ2v) is 4.41. The van der Waals surface area contributed by atoms with Crippen LogP contribution in [0.1, 0.15) is 10.4 Å². The predicted octanol–water partition coefficient (Wildman–Crippen LogP) is 0.779. The first-order valence-electron chi connectivity index (χ1n) is 3.72.